The summed E-state index contributed by atoms with van der Waals surface area (Å²) >= 11 is 0. The van der Waals surface area contributed by atoms with E-state index in [-0.39, 0.29) is 36.1 Å². The predicted octanol–water partition coefficient (Wildman–Crippen LogP) is 4.41. The SMILES string of the molecule is CCNC(=NCC(c1c(F)cccc1F)N(C)C)NC1CCN(c2ccccc2)CC1.I. The van der Waals surface area contributed by atoms with E-state index in [0.717, 1.165) is 32.5 Å². The average molecular weight is 557 g/mol. The normalized spacial score (nSPS) is 15.9. The minimum Gasteiger partial charge on any atom is -0.371 e. The number of nitrogens with one attached hydrogen (secondary N) is 2. The van der Waals surface area contributed by atoms with Crippen molar-refractivity contribution in [3.05, 3.63) is 65.7 Å². The van der Waals surface area contributed by atoms with Crippen LogP contribution < -0.4 is 15.5 Å². The zero-order valence-corrected chi connectivity index (χ0v) is 21.4. The number of para-hydroxylation sites is 1. The molecule has 0 aliphatic carbocycles. The van der Waals surface area contributed by atoms with Gasteiger partial charge in [0, 0.05) is 36.9 Å². The van der Waals surface area contributed by atoms with Gasteiger partial charge in [0.05, 0.1) is 12.6 Å². The monoisotopic (exact) mass is 557 g/mol. The van der Waals surface area contributed by atoms with Gasteiger partial charge in [-0.1, -0.05) is 24.3 Å². The Hall–Kier alpha value is -1.94. The highest BCUT2D eigenvalue weighted by molar-refractivity contribution is 14.0. The summed E-state index contributed by atoms with van der Waals surface area (Å²) in [5.41, 5.74) is 1.31. The molecular formula is C24H34F2IN5. The summed E-state index contributed by atoms with van der Waals surface area (Å²) in [6, 6.07) is 14.2. The second-order valence-corrected chi connectivity index (χ2v) is 8.08. The first-order valence-corrected chi connectivity index (χ1v) is 10.9. The van der Waals surface area contributed by atoms with Crippen molar-refractivity contribution in [3.63, 3.8) is 0 Å². The van der Waals surface area contributed by atoms with Crippen LogP contribution in [0.2, 0.25) is 0 Å². The molecule has 1 aliphatic heterocycles. The molecule has 0 amide bonds. The minimum absolute atomic E-state index is 0. The number of anilines is 1. The summed E-state index contributed by atoms with van der Waals surface area (Å²) in [5.74, 6) is -0.399. The Morgan fingerprint density at radius 1 is 1.06 bits per heavy atom. The fourth-order valence-electron chi connectivity index (χ4n) is 3.95. The van der Waals surface area contributed by atoms with Crippen LogP contribution in [0, 0.1) is 11.6 Å². The summed E-state index contributed by atoms with van der Waals surface area (Å²) in [5, 5.41) is 6.78. The number of hydrogen-bond acceptors (Lipinski definition) is 3. The van der Waals surface area contributed by atoms with Crippen LogP contribution in [0.5, 0.6) is 0 Å². The Balaban J connectivity index is 0.00000363. The second kappa shape index (κ2) is 12.9. The molecule has 0 saturated carbocycles. The quantitative estimate of drug-likeness (QED) is 0.301. The number of guanidine groups is 1. The minimum atomic E-state index is -0.542. The lowest BCUT2D eigenvalue weighted by molar-refractivity contribution is 0.290. The van der Waals surface area contributed by atoms with Crippen molar-refractivity contribution >= 4 is 35.6 Å². The van der Waals surface area contributed by atoms with E-state index in [9.17, 15) is 8.78 Å². The van der Waals surface area contributed by atoms with Gasteiger partial charge in [0.1, 0.15) is 11.6 Å². The number of benzene rings is 2. The van der Waals surface area contributed by atoms with Crippen molar-refractivity contribution < 1.29 is 8.78 Å². The van der Waals surface area contributed by atoms with Crippen molar-refractivity contribution in [1.29, 1.82) is 0 Å². The summed E-state index contributed by atoms with van der Waals surface area (Å²) < 4.78 is 28.7. The van der Waals surface area contributed by atoms with Crippen molar-refractivity contribution in [1.82, 2.24) is 15.5 Å². The lowest BCUT2D eigenvalue weighted by atomic mass is 10.0. The number of piperidine rings is 1. The topological polar surface area (TPSA) is 42.9 Å². The molecule has 1 atom stereocenters. The number of likely N-dealkylation sites (N-methyl/N-ethyl adjacent to an activating group) is 1. The first-order chi connectivity index (χ1) is 15.0. The van der Waals surface area contributed by atoms with Gasteiger partial charge in [0.15, 0.2) is 5.96 Å². The van der Waals surface area contributed by atoms with E-state index in [2.05, 4.69) is 44.8 Å². The molecule has 0 aromatic heterocycles. The lowest BCUT2D eigenvalue weighted by Gasteiger charge is -2.34. The Kier molecular flexibility index (Phi) is 10.6. The summed E-state index contributed by atoms with van der Waals surface area (Å²) in [7, 11) is 3.62. The van der Waals surface area contributed by atoms with Crippen LogP contribution in [0.1, 0.15) is 31.4 Å². The molecule has 2 aromatic rings. The maximum atomic E-state index is 14.3. The largest absolute Gasteiger partial charge is 0.371 e. The zero-order chi connectivity index (χ0) is 22.2. The third-order valence-electron chi connectivity index (χ3n) is 5.68. The summed E-state index contributed by atoms with van der Waals surface area (Å²) in [6.07, 6.45) is 2.00. The number of aliphatic imine (C=N–C) groups is 1. The molecule has 5 nitrogen and oxygen atoms in total. The Morgan fingerprint density at radius 3 is 2.25 bits per heavy atom. The Labute approximate surface area is 207 Å². The van der Waals surface area contributed by atoms with Crippen molar-refractivity contribution in [2.24, 2.45) is 4.99 Å². The van der Waals surface area contributed by atoms with Crippen molar-refractivity contribution in [3.8, 4) is 0 Å². The van der Waals surface area contributed by atoms with Crippen LogP contribution >= 0.6 is 24.0 Å². The predicted molar refractivity (Wildman–Crippen MR) is 139 cm³/mol. The number of hydrogen-bond donors (Lipinski definition) is 2. The Bertz CT molecular complexity index is 834. The molecule has 1 saturated heterocycles. The lowest BCUT2D eigenvalue weighted by Crippen LogP contribution is -2.49. The van der Waals surface area contributed by atoms with E-state index >= 15 is 0 Å². The molecule has 2 aromatic carbocycles. The molecule has 0 bridgehead atoms. The first-order valence-electron chi connectivity index (χ1n) is 10.9. The van der Waals surface area contributed by atoms with E-state index in [0.29, 0.717) is 12.0 Å². The number of rotatable bonds is 7. The van der Waals surface area contributed by atoms with Crippen LogP contribution in [0.3, 0.4) is 0 Å². The van der Waals surface area contributed by atoms with Gasteiger partial charge >= 0.3 is 0 Å². The van der Waals surface area contributed by atoms with Gasteiger partial charge in [-0.05, 0) is 58.1 Å². The van der Waals surface area contributed by atoms with Gasteiger partial charge < -0.3 is 20.4 Å². The molecule has 1 aliphatic rings. The van der Waals surface area contributed by atoms with Crippen LogP contribution in [0.25, 0.3) is 0 Å². The smallest absolute Gasteiger partial charge is 0.191 e. The third-order valence-corrected chi connectivity index (χ3v) is 5.68. The standard InChI is InChI=1S/C24H33F2N5.HI/c1-4-27-24(28-17-22(30(2)3)23-20(25)11-8-12-21(23)26)29-18-13-15-31(16-14-18)19-9-6-5-7-10-19;/h5-12,18,22H,4,13-17H2,1-3H3,(H2,27,28,29);1H. The van der Waals surface area contributed by atoms with E-state index < -0.39 is 17.7 Å². The van der Waals surface area contributed by atoms with Gasteiger partial charge in [-0.15, -0.1) is 24.0 Å². The van der Waals surface area contributed by atoms with E-state index in [1.54, 1.807) is 4.90 Å². The maximum Gasteiger partial charge on any atom is 0.191 e. The maximum absolute atomic E-state index is 14.3. The molecule has 1 fully saturated rings. The van der Waals surface area contributed by atoms with E-state index in [1.165, 1.54) is 23.9 Å². The molecule has 8 heteroatoms. The fourth-order valence-corrected chi connectivity index (χ4v) is 3.95. The molecule has 2 N–H and O–H groups in total. The number of halogens is 3. The van der Waals surface area contributed by atoms with Gasteiger partial charge in [-0.2, -0.15) is 0 Å². The van der Waals surface area contributed by atoms with Gasteiger partial charge in [-0.3, -0.25) is 4.99 Å². The highest BCUT2D eigenvalue weighted by Gasteiger charge is 2.23. The van der Waals surface area contributed by atoms with E-state index in [1.807, 2.05) is 27.1 Å². The molecule has 3 rings (SSSR count). The van der Waals surface area contributed by atoms with Gasteiger partial charge in [-0.25, -0.2) is 8.78 Å². The molecule has 32 heavy (non-hydrogen) atoms. The zero-order valence-electron chi connectivity index (χ0n) is 19.0. The highest BCUT2D eigenvalue weighted by atomic mass is 127. The highest BCUT2D eigenvalue weighted by Crippen LogP contribution is 2.25. The fraction of sp³-hybridized carbons (Fsp3) is 0.458. The van der Waals surface area contributed by atoms with Crippen LogP contribution in [0.4, 0.5) is 14.5 Å². The molecule has 1 heterocycles. The van der Waals surface area contributed by atoms with Crippen molar-refractivity contribution in [2.45, 2.75) is 31.8 Å². The molecule has 176 valence electrons. The molecular weight excluding hydrogens is 523 g/mol. The van der Waals surface area contributed by atoms with E-state index in [4.69, 9.17) is 0 Å². The Morgan fingerprint density at radius 2 is 1.69 bits per heavy atom. The van der Waals surface area contributed by atoms with Crippen LogP contribution in [0.15, 0.2) is 53.5 Å². The summed E-state index contributed by atoms with van der Waals surface area (Å²) in [4.78, 5) is 8.86. The molecule has 1 unspecified atom stereocenters. The van der Waals surface area contributed by atoms with Gasteiger partial charge in [0.2, 0.25) is 0 Å². The third kappa shape index (κ3) is 7.03. The van der Waals surface area contributed by atoms with Crippen LogP contribution in [-0.2, 0) is 0 Å². The average Bonchev–Trinajstić information content (AvgIpc) is 2.76. The second-order valence-electron chi connectivity index (χ2n) is 8.08. The van der Waals surface area contributed by atoms with Crippen LogP contribution in [-0.4, -0.2) is 57.2 Å². The summed E-state index contributed by atoms with van der Waals surface area (Å²) in [6.45, 7) is 4.93. The number of nitrogens with zero attached hydrogens (tertiary/aromatic N) is 3. The molecule has 0 radical (unpaired) electrons. The van der Waals surface area contributed by atoms with Gasteiger partial charge in [0.25, 0.3) is 0 Å². The van der Waals surface area contributed by atoms with Crippen molar-refractivity contribution in [2.75, 3.05) is 45.2 Å². The first kappa shape index (κ1) is 26.3. The molecule has 0 spiro atoms.